The van der Waals surface area contributed by atoms with E-state index in [0.717, 1.165) is 24.2 Å². The molecular weight excluding hydrogens is 232 g/mol. The van der Waals surface area contributed by atoms with Crippen LogP contribution in [0.3, 0.4) is 0 Å². The van der Waals surface area contributed by atoms with Crippen LogP contribution in [0.25, 0.3) is 0 Å². The largest absolute Gasteiger partial charge is 0.486 e. The minimum Gasteiger partial charge on any atom is -0.486 e. The Hall–Kier alpha value is -1.26. The summed E-state index contributed by atoms with van der Waals surface area (Å²) in [6.45, 7) is 1.14. The molecule has 98 valence electrons. The van der Waals surface area contributed by atoms with Crippen molar-refractivity contribution in [3.63, 3.8) is 0 Å². The Balaban J connectivity index is 1.82. The second-order valence-electron chi connectivity index (χ2n) is 4.89. The molecule has 1 N–H and O–H groups in total. The number of hydrogen-bond acceptors (Lipinski definition) is 4. The predicted octanol–water partition coefficient (Wildman–Crippen LogP) is 1.92. The second kappa shape index (κ2) is 4.78. The number of hydrogen-bond donors (Lipinski definition) is 1. The third-order valence-corrected chi connectivity index (χ3v) is 3.58. The number of fused-ring (bicyclic) bond motifs is 1. The van der Waals surface area contributed by atoms with Gasteiger partial charge in [-0.25, -0.2) is 0 Å². The lowest BCUT2D eigenvalue weighted by Crippen LogP contribution is -2.23. The minimum atomic E-state index is -0.599. The maximum absolute atomic E-state index is 10.4. The monoisotopic (exact) mass is 250 g/mol. The summed E-state index contributed by atoms with van der Waals surface area (Å²) < 4.78 is 16.4. The summed E-state index contributed by atoms with van der Waals surface area (Å²) in [5.74, 6) is 1.94. The van der Waals surface area contributed by atoms with Crippen molar-refractivity contribution in [3.8, 4) is 11.5 Å². The summed E-state index contributed by atoms with van der Waals surface area (Å²) in [6, 6.07) is 5.59. The Kier molecular flexibility index (Phi) is 3.14. The zero-order valence-electron chi connectivity index (χ0n) is 10.5. The number of rotatable bonds is 4. The van der Waals surface area contributed by atoms with Crippen LogP contribution in [0.2, 0.25) is 0 Å². The van der Waals surface area contributed by atoms with Crippen LogP contribution in [-0.2, 0) is 4.74 Å². The molecule has 0 amide bonds. The van der Waals surface area contributed by atoms with Crippen LogP contribution in [0.4, 0.5) is 0 Å². The second-order valence-corrected chi connectivity index (χ2v) is 4.89. The van der Waals surface area contributed by atoms with E-state index in [1.807, 2.05) is 18.2 Å². The summed E-state index contributed by atoms with van der Waals surface area (Å²) in [5.41, 5.74) is 0.831. The summed E-state index contributed by atoms with van der Waals surface area (Å²) in [7, 11) is 1.66. The summed E-state index contributed by atoms with van der Waals surface area (Å²) in [6.07, 6.45) is 1.56. The van der Waals surface area contributed by atoms with Crippen molar-refractivity contribution < 1.29 is 19.3 Å². The molecule has 2 atom stereocenters. The van der Waals surface area contributed by atoms with Gasteiger partial charge in [-0.15, -0.1) is 0 Å². The van der Waals surface area contributed by atoms with Gasteiger partial charge in [-0.3, -0.25) is 0 Å². The molecule has 0 spiro atoms. The predicted molar refractivity (Wildman–Crippen MR) is 65.9 cm³/mol. The molecule has 1 fully saturated rings. The van der Waals surface area contributed by atoms with Crippen LogP contribution in [0, 0.1) is 5.92 Å². The van der Waals surface area contributed by atoms with Crippen LogP contribution in [0.1, 0.15) is 24.5 Å². The lowest BCUT2D eigenvalue weighted by atomic mass is 10.0. The molecule has 1 aliphatic heterocycles. The molecule has 0 radical (unpaired) electrons. The summed E-state index contributed by atoms with van der Waals surface area (Å²) in [4.78, 5) is 0. The topological polar surface area (TPSA) is 47.9 Å². The molecule has 3 rings (SSSR count). The maximum atomic E-state index is 10.4. The first-order valence-corrected chi connectivity index (χ1v) is 6.40. The standard InChI is InChI=1S/C14H18O4/c1-16-14(9-2-3-9)13(15)10-4-5-11-12(8-10)18-7-6-17-11/h4-5,8-9,13-15H,2-3,6-7H2,1H3. The van der Waals surface area contributed by atoms with E-state index in [0.29, 0.717) is 24.9 Å². The highest BCUT2D eigenvalue weighted by Gasteiger charge is 2.37. The molecule has 2 unspecified atom stereocenters. The number of ether oxygens (including phenoxy) is 3. The minimum absolute atomic E-state index is 0.118. The van der Waals surface area contributed by atoms with Gasteiger partial charge in [-0.2, -0.15) is 0 Å². The molecule has 4 heteroatoms. The van der Waals surface area contributed by atoms with Gasteiger partial charge >= 0.3 is 0 Å². The molecule has 0 bridgehead atoms. The SMILES string of the molecule is COC(C1CC1)C(O)c1ccc2c(c1)OCCO2. The van der Waals surface area contributed by atoms with Gasteiger partial charge in [0.25, 0.3) is 0 Å². The Morgan fingerprint density at radius 2 is 1.94 bits per heavy atom. The van der Waals surface area contributed by atoms with Crippen LogP contribution >= 0.6 is 0 Å². The van der Waals surface area contributed by atoms with Gasteiger partial charge in [0, 0.05) is 7.11 Å². The first-order valence-electron chi connectivity index (χ1n) is 6.40. The van der Waals surface area contributed by atoms with E-state index >= 15 is 0 Å². The molecule has 1 aliphatic carbocycles. The molecule has 1 heterocycles. The lowest BCUT2D eigenvalue weighted by molar-refractivity contribution is -0.0261. The van der Waals surface area contributed by atoms with Crippen molar-refractivity contribution in [3.05, 3.63) is 23.8 Å². The average molecular weight is 250 g/mol. The normalized spacial score (nSPS) is 21.4. The van der Waals surface area contributed by atoms with E-state index in [1.54, 1.807) is 7.11 Å². The molecule has 1 aromatic rings. The number of aliphatic hydroxyl groups excluding tert-OH is 1. The van der Waals surface area contributed by atoms with Crippen LogP contribution in [0.15, 0.2) is 18.2 Å². The van der Waals surface area contributed by atoms with Gasteiger partial charge in [-0.05, 0) is 36.5 Å². The van der Waals surface area contributed by atoms with E-state index in [9.17, 15) is 5.11 Å². The Morgan fingerprint density at radius 3 is 2.61 bits per heavy atom. The van der Waals surface area contributed by atoms with Crippen molar-refractivity contribution in [2.24, 2.45) is 5.92 Å². The zero-order chi connectivity index (χ0) is 12.5. The van der Waals surface area contributed by atoms with Crippen LogP contribution in [-0.4, -0.2) is 31.5 Å². The van der Waals surface area contributed by atoms with Crippen molar-refractivity contribution in [1.82, 2.24) is 0 Å². The third kappa shape index (κ3) is 2.18. The quantitative estimate of drug-likeness (QED) is 0.887. The number of benzene rings is 1. The molecule has 0 aromatic heterocycles. The Labute approximate surface area is 106 Å². The number of aliphatic hydroxyl groups is 1. The zero-order valence-corrected chi connectivity index (χ0v) is 10.5. The molecular formula is C14H18O4. The van der Waals surface area contributed by atoms with Gasteiger partial charge < -0.3 is 19.3 Å². The summed E-state index contributed by atoms with van der Waals surface area (Å²) in [5, 5.41) is 10.4. The summed E-state index contributed by atoms with van der Waals surface area (Å²) >= 11 is 0. The van der Waals surface area contributed by atoms with E-state index in [2.05, 4.69) is 0 Å². The Morgan fingerprint density at radius 1 is 1.22 bits per heavy atom. The smallest absolute Gasteiger partial charge is 0.161 e. The van der Waals surface area contributed by atoms with Gasteiger partial charge in [0.2, 0.25) is 0 Å². The highest BCUT2D eigenvalue weighted by Crippen LogP contribution is 2.41. The first-order chi connectivity index (χ1) is 8.79. The number of methoxy groups -OCH3 is 1. The average Bonchev–Trinajstić information content (AvgIpc) is 3.23. The fraction of sp³-hybridized carbons (Fsp3) is 0.571. The van der Waals surface area contributed by atoms with Crippen molar-refractivity contribution in [1.29, 1.82) is 0 Å². The van der Waals surface area contributed by atoms with Crippen molar-refractivity contribution in [2.75, 3.05) is 20.3 Å². The van der Waals surface area contributed by atoms with E-state index < -0.39 is 6.10 Å². The molecule has 1 saturated carbocycles. The van der Waals surface area contributed by atoms with E-state index in [1.165, 1.54) is 0 Å². The molecule has 18 heavy (non-hydrogen) atoms. The molecule has 1 aromatic carbocycles. The van der Waals surface area contributed by atoms with Gasteiger partial charge in [0.1, 0.15) is 19.3 Å². The van der Waals surface area contributed by atoms with Crippen molar-refractivity contribution in [2.45, 2.75) is 25.0 Å². The highest BCUT2D eigenvalue weighted by atomic mass is 16.6. The maximum Gasteiger partial charge on any atom is 0.161 e. The van der Waals surface area contributed by atoms with E-state index in [-0.39, 0.29) is 6.10 Å². The highest BCUT2D eigenvalue weighted by molar-refractivity contribution is 5.44. The first kappa shape index (κ1) is 11.8. The lowest BCUT2D eigenvalue weighted by Gasteiger charge is -2.24. The van der Waals surface area contributed by atoms with Crippen LogP contribution < -0.4 is 9.47 Å². The fourth-order valence-corrected chi connectivity index (χ4v) is 2.44. The Bertz CT molecular complexity index is 428. The third-order valence-electron chi connectivity index (χ3n) is 3.58. The van der Waals surface area contributed by atoms with Crippen molar-refractivity contribution >= 4 is 0 Å². The van der Waals surface area contributed by atoms with Gasteiger partial charge in [0.15, 0.2) is 11.5 Å². The van der Waals surface area contributed by atoms with Crippen LogP contribution in [0.5, 0.6) is 11.5 Å². The van der Waals surface area contributed by atoms with Gasteiger partial charge in [0.05, 0.1) is 6.10 Å². The van der Waals surface area contributed by atoms with E-state index in [4.69, 9.17) is 14.2 Å². The molecule has 0 saturated heterocycles. The molecule has 2 aliphatic rings. The fourth-order valence-electron chi connectivity index (χ4n) is 2.44. The van der Waals surface area contributed by atoms with Gasteiger partial charge in [-0.1, -0.05) is 6.07 Å². The molecule has 4 nitrogen and oxygen atoms in total.